The Balaban J connectivity index is 1.80. The second-order valence-electron chi connectivity index (χ2n) is 7.62. The molecule has 1 aliphatic rings. The third-order valence-corrected chi connectivity index (χ3v) is 5.77. The fourth-order valence-corrected chi connectivity index (χ4v) is 4.23. The Kier molecular flexibility index (Phi) is 5.42. The molecule has 3 aromatic rings. The summed E-state index contributed by atoms with van der Waals surface area (Å²) in [7, 11) is 0. The Bertz CT molecular complexity index is 1210. The van der Waals surface area contributed by atoms with Crippen molar-refractivity contribution >= 4 is 17.5 Å². The van der Waals surface area contributed by atoms with E-state index in [1.807, 2.05) is 18.2 Å². The van der Waals surface area contributed by atoms with Gasteiger partial charge < -0.3 is 16.4 Å². The van der Waals surface area contributed by atoms with Crippen molar-refractivity contribution in [2.24, 2.45) is 5.73 Å². The minimum absolute atomic E-state index is 0.202. The number of primary amides is 1. The van der Waals surface area contributed by atoms with Gasteiger partial charge in [-0.1, -0.05) is 36.4 Å². The first-order valence-corrected chi connectivity index (χ1v) is 10.1. The summed E-state index contributed by atoms with van der Waals surface area (Å²) < 4.78 is 0. The molecule has 1 aliphatic carbocycles. The molecule has 4 N–H and O–H groups in total. The minimum atomic E-state index is -0.541. The number of amides is 2. The number of hydrogen-bond acceptors (Lipinski definition) is 4. The molecule has 0 unspecified atom stereocenters. The molecule has 154 valence electrons. The number of nitrogens with zero attached hydrogens (tertiary/aromatic N) is 2. The predicted octanol–water partition coefficient (Wildman–Crippen LogP) is 3.57. The molecule has 6 heteroatoms. The van der Waals surface area contributed by atoms with E-state index in [4.69, 9.17) is 11.5 Å². The lowest BCUT2D eigenvalue weighted by atomic mass is 10.00. The number of anilines is 1. The molecule has 0 saturated carbocycles. The number of aryl methyl sites for hydroxylation is 1. The minimum Gasteiger partial charge on any atom is -0.398 e. The van der Waals surface area contributed by atoms with Crippen molar-refractivity contribution in [2.75, 3.05) is 5.73 Å². The maximum atomic E-state index is 13.7. The first kappa shape index (κ1) is 20.2. The number of nitrogen functional groups attached to an aromatic ring is 1. The smallest absolute Gasteiger partial charge is 0.256 e. The Morgan fingerprint density at radius 2 is 1.74 bits per heavy atom. The van der Waals surface area contributed by atoms with E-state index in [1.165, 1.54) is 0 Å². The highest BCUT2D eigenvalue weighted by Gasteiger charge is 2.33. The highest BCUT2D eigenvalue weighted by atomic mass is 16.2. The lowest BCUT2D eigenvalue weighted by molar-refractivity contribution is 0.0657. The van der Waals surface area contributed by atoms with Crippen molar-refractivity contribution in [3.8, 4) is 6.07 Å². The molecule has 31 heavy (non-hydrogen) atoms. The van der Waals surface area contributed by atoms with E-state index in [0.29, 0.717) is 27.9 Å². The van der Waals surface area contributed by atoms with E-state index >= 15 is 0 Å². The van der Waals surface area contributed by atoms with Gasteiger partial charge in [-0.15, -0.1) is 0 Å². The molecule has 0 saturated heterocycles. The third-order valence-electron chi connectivity index (χ3n) is 5.77. The van der Waals surface area contributed by atoms with Crippen LogP contribution in [0.15, 0.2) is 66.7 Å². The number of para-hydroxylation sites is 1. The van der Waals surface area contributed by atoms with Gasteiger partial charge in [-0.05, 0) is 59.9 Å². The van der Waals surface area contributed by atoms with Gasteiger partial charge in [-0.25, -0.2) is 0 Å². The van der Waals surface area contributed by atoms with Gasteiger partial charge in [0.25, 0.3) is 5.91 Å². The second-order valence-corrected chi connectivity index (χ2v) is 7.62. The summed E-state index contributed by atoms with van der Waals surface area (Å²) in [6.45, 7) is 0.202. The Labute approximate surface area is 180 Å². The van der Waals surface area contributed by atoms with Crippen LogP contribution in [-0.2, 0) is 13.0 Å². The number of benzene rings is 3. The summed E-state index contributed by atoms with van der Waals surface area (Å²) in [6.07, 6.45) is 1.53. The molecule has 6 nitrogen and oxygen atoms in total. The molecular weight excluding hydrogens is 388 g/mol. The predicted molar refractivity (Wildman–Crippen MR) is 118 cm³/mol. The Hall–Kier alpha value is -4.11. The quantitative estimate of drug-likeness (QED) is 0.626. The van der Waals surface area contributed by atoms with Crippen LogP contribution >= 0.6 is 0 Å². The number of nitriles is 1. The van der Waals surface area contributed by atoms with Crippen LogP contribution < -0.4 is 11.5 Å². The van der Waals surface area contributed by atoms with Gasteiger partial charge in [0, 0.05) is 17.8 Å². The molecule has 0 radical (unpaired) electrons. The molecular formula is C25H22N4O2. The van der Waals surface area contributed by atoms with Gasteiger partial charge in [-0.2, -0.15) is 5.26 Å². The van der Waals surface area contributed by atoms with Gasteiger partial charge in [0.2, 0.25) is 5.91 Å². The number of carbonyl (C=O) groups excluding carboxylic acids is 2. The Morgan fingerprint density at radius 1 is 1.03 bits per heavy atom. The topological polar surface area (TPSA) is 113 Å². The van der Waals surface area contributed by atoms with Crippen molar-refractivity contribution in [1.82, 2.24) is 4.90 Å². The zero-order valence-electron chi connectivity index (χ0n) is 16.9. The molecule has 0 heterocycles. The monoisotopic (exact) mass is 410 g/mol. The Morgan fingerprint density at radius 3 is 2.45 bits per heavy atom. The van der Waals surface area contributed by atoms with Gasteiger partial charge in [0.15, 0.2) is 0 Å². The van der Waals surface area contributed by atoms with E-state index in [9.17, 15) is 14.9 Å². The molecule has 0 fully saturated rings. The van der Waals surface area contributed by atoms with Crippen LogP contribution in [0.4, 0.5) is 5.69 Å². The van der Waals surface area contributed by atoms with E-state index in [2.05, 4.69) is 6.07 Å². The van der Waals surface area contributed by atoms with E-state index in [-0.39, 0.29) is 18.5 Å². The van der Waals surface area contributed by atoms with Crippen LogP contribution in [0.25, 0.3) is 0 Å². The number of nitrogens with two attached hydrogens (primary N) is 2. The normalized spacial score (nSPS) is 14.5. The van der Waals surface area contributed by atoms with E-state index in [1.54, 1.807) is 53.4 Å². The van der Waals surface area contributed by atoms with Crippen LogP contribution in [0.1, 0.15) is 55.4 Å². The van der Waals surface area contributed by atoms with Crippen molar-refractivity contribution in [3.63, 3.8) is 0 Å². The van der Waals surface area contributed by atoms with Crippen LogP contribution in [-0.4, -0.2) is 16.7 Å². The number of hydrogen-bond donors (Lipinski definition) is 2. The summed E-state index contributed by atoms with van der Waals surface area (Å²) in [4.78, 5) is 27.4. The van der Waals surface area contributed by atoms with Crippen LogP contribution in [0.5, 0.6) is 0 Å². The molecule has 4 rings (SSSR count). The lowest BCUT2D eigenvalue weighted by Crippen LogP contribution is -2.35. The molecule has 0 spiro atoms. The average molecular weight is 410 g/mol. The molecule has 1 atom stereocenters. The third kappa shape index (κ3) is 3.86. The van der Waals surface area contributed by atoms with Gasteiger partial charge in [-0.3, -0.25) is 9.59 Å². The van der Waals surface area contributed by atoms with Crippen molar-refractivity contribution in [3.05, 3.63) is 100 Å². The average Bonchev–Trinajstić information content (AvgIpc) is 3.20. The van der Waals surface area contributed by atoms with Crippen molar-refractivity contribution in [2.45, 2.75) is 25.4 Å². The van der Waals surface area contributed by atoms with Crippen LogP contribution in [0.2, 0.25) is 0 Å². The fourth-order valence-electron chi connectivity index (χ4n) is 4.23. The number of fused-ring (bicyclic) bond motifs is 1. The zero-order chi connectivity index (χ0) is 22.0. The maximum Gasteiger partial charge on any atom is 0.256 e. The van der Waals surface area contributed by atoms with Crippen molar-refractivity contribution in [1.29, 1.82) is 5.26 Å². The zero-order valence-corrected chi connectivity index (χ0v) is 16.9. The largest absolute Gasteiger partial charge is 0.398 e. The van der Waals surface area contributed by atoms with Crippen molar-refractivity contribution < 1.29 is 9.59 Å². The molecule has 3 aromatic carbocycles. The van der Waals surface area contributed by atoms with Gasteiger partial charge >= 0.3 is 0 Å². The van der Waals surface area contributed by atoms with Gasteiger partial charge in [0.05, 0.1) is 23.2 Å². The molecule has 0 bridgehead atoms. The molecule has 0 aliphatic heterocycles. The number of rotatable bonds is 5. The second kappa shape index (κ2) is 8.33. The van der Waals surface area contributed by atoms with Crippen LogP contribution in [0.3, 0.4) is 0 Å². The first-order chi connectivity index (χ1) is 15.0. The maximum absolute atomic E-state index is 13.7. The standard InChI is InChI=1S/C25H22N4O2/c26-14-16-9-10-17-11-12-23(21(17)13-16)29(25(31)20-7-3-4-8-22(20)27)15-18-5-1-2-6-19(18)24(28)30/h1-10,13,23H,11-12,15,27H2,(H2,28,30)/t23-/m1/s1. The summed E-state index contributed by atoms with van der Waals surface area (Å²) in [6, 6.07) is 21.5. The number of carbonyl (C=O) groups is 2. The summed E-state index contributed by atoms with van der Waals surface area (Å²) in [5.41, 5.74) is 16.1. The highest BCUT2D eigenvalue weighted by Crippen LogP contribution is 2.38. The molecule has 0 aromatic heterocycles. The molecule has 2 amide bonds. The van der Waals surface area contributed by atoms with E-state index in [0.717, 1.165) is 24.0 Å². The fraction of sp³-hybridized carbons (Fsp3) is 0.160. The van der Waals surface area contributed by atoms with Gasteiger partial charge in [0.1, 0.15) is 0 Å². The summed E-state index contributed by atoms with van der Waals surface area (Å²) in [5.74, 6) is -0.765. The summed E-state index contributed by atoms with van der Waals surface area (Å²) >= 11 is 0. The first-order valence-electron chi connectivity index (χ1n) is 10.1. The van der Waals surface area contributed by atoms with E-state index < -0.39 is 5.91 Å². The SMILES string of the molecule is N#Cc1ccc2c(c1)[C@H](N(Cc1ccccc1C(N)=O)C(=O)c1ccccc1N)CC2. The lowest BCUT2D eigenvalue weighted by Gasteiger charge is -2.31. The van der Waals surface area contributed by atoms with Crippen LogP contribution in [0, 0.1) is 11.3 Å². The highest BCUT2D eigenvalue weighted by molar-refractivity contribution is 6.00. The summed E-state index contributed by atoms with van der Waals surface area (Å²) in [5, 5.41) is 9.35.